The van der Waals surface area contributed by atoms with Gasteiger partial charge in [-0.3, -0.25) is 4.79 Å². The summed E-state index contributed by atoms with van der Waals surface area (Å²) in [6, 6.07) is 9.20. The molecule has 1 heterocycles. The predicted molar refractivity (Wildman–Crippen MR) is 64.9 cm³/mol. The molecule has 90 valence electrons. The SMILES string of the molecule is CC(N)C(CC(=O)O)c1cc2ccccc2o1. The summed E-state index contributed by atoms with van der Waals surface area (Å²) in [7, 11) is 0. The molecule has 1 aromatic carbocycles. The van der Waals surface area contributed by atoms with E-state index in [4.69, 9.17) is 15.3 Å². The van der Waals surface area contributed by atoms with Gasteiger partial charge in [0, 0.05) is 17.3 Å². The van der Waals surface area contributed by atoms with Crippen LogP contribution in [0.3, 0.4) is 0 Å². The van der Waals surface area contributed by atoms with Gasteiger partial charge in [-0.05, 0) is 19.1 Å². The number of hydrogen-bond acceptors (Lipinski definition) is 3. The maximum Gasteiger partial charge on any atom is 0.304 e. The van der Waals surface area contributed by atoms with Crippen LogP contribution < -0.4 is 5.73 Å². The highest BCUT2D eigenvalue weighted by molar-refractivity contribution is 5.78. The van der Waals surface area contributed by atoms with Crippen molar-refractivity contribution < 1.29 is 14.3 Å². The smallest absolute Gasteiger partial charge is 0.304 e. The Kier molecular flexibility index (Phi) is 3.15. The lowest BCUT2D eigenvalue weighted by molar-refractivity contribution is -0.137. The summed E-state index contributed by atoms with van der Waals surface area (Å²) in [6.07, 6.45) is -0.0164. The van der Waals surface area contributed by atoms with Crippen molar-refractivity contribution in [3.8, 4) is 0 Å². The molecule has 2 unspecified atom stereocenters. The summed E-state index contributed by atoms with van der Waals surface area (Å²) in [5, 5.41) is 9.84. The van der Waals surface area contributed by atoms with Crippen LogP contribution in [0.1, 0.15) is 25.0 Å². The average molecular weight is 233 g/mol. The van der Waals surface area contributed by atoms with Gasteiger partial charge in [0.05, 0.1) is 6.42 Å². The number of para-hydroxylation sites is 1. The number of rotatable bonds is 4. The zero-order chi connectivity index (χ0) is 12.4. The lowest BCUT2D eigenvalue weighted by Gasteiger charge is -2.15. The van der Waals surface area contributed by atoms with Crippen molar-refractivity contribution in [1.82, 2.24) is 0 Å². The van der Waals surface area contributed by atoms with Crippen molar-refractivity contribution in [2.75, 3.05) is 0 Å². The molecule has 0 saturated heterocycles. The van der Waals surface area contributed by atoms with Crippen molar-refractivity contribution >= 4 is 16.9 Å². The van der Waals surface area contributed by atoms with Crippen molar-refractivity contribution in [3.63, 3.8) is 0 Å². The molecule has 0 aliphatic heterocycles. The van der Waals surface area contributed by atoms with E-state index in [-0.39, 0.29) is 18.4 Å². The van der Waals surface area contributed by atoms with E-state index in [1.54, 1.807) is 6.92 Å². The van der Waals surface area contributed by atoms with Crippen LogP contribution in [0, 0.1) is 0 Å². The Labute approximate surface area is 99.0 Å². The van der Waals surface area contributed by atoms with E-state index in [2.05, 4.69) is 0 Å². The summed E-state index contributed by atoms with van der Waals surface area (Å²) in [5.74, 6) is -0.517. The van der Waals surface area contributed by atoms with Crippen molar-refractivity contribution in [1.29, 1.82) is 0 Å². The van der Waals surface area contributed by atoms with E-state index >= 15 is 0 Å². The minimum atomic E-state index is -0.868. The molecule has 2 rings (SSSR count). The van der Waals surface area contributed by atoms with Crippen molar-refractivity contribution in [2.45, 2.75) is 25.3 Å². The van der Waals surface area contributed by atoms with Crippen molar-refractivity contribution in [3.05, 3.63) is 36.1 Å². The molecule has 1 aromatic heterocycles. The molecule has 0 radical (unpaired) electrons. The first kappa shape index (κ1) is 11.7. The number of hydrogen-bond donors (Lipinski definition) is 2. The Hall–Kier alpha value is -1.81. The third-order valence-electron chi connectivity index (χ3n) is 2.84. The van der Waals surface area contributed by atoms with Gasteiger partial charge in [0.25, 0.3) is 0 Å². The zero-order valence-electron chi connectivity index (χ0n) is 9.59. The largest absolute Gasteiger partial charge is 0.481 e. The third kappa shape index (κ3) is 2.47. The average Bonchev–Trinajstić information content (AvgIpc) is 2.68. The molecule has 4 nitrogen and oxygen atoms in total. The standard InChI is InChI=1S/C13H15NO3/c1-8(14)10(7-13(15)16)12-6-9-4-2-3-5-11(9)17-12/h2-6,8,10H,7,14H2,1H3,(H,15,16). The molecule has 0 aliphatic rings. The first-order valence-corrected chi connectivity index (χ1v) is 5.54. The van der Waals surface area contributed by atoms with Gasteiger partial charge in [0.2, 0.25) is 0 Å². The highest BCUT2D eigenvalue weighted by Gasteiger charge is 2.23. The van der Waals surface area contributed by atoms with Gasteiger partial charge < -0.3 is 15.3 Å². The predicted octanol–water partition coefficient (Wildman–Crippen LogP) is 2.34. The molecule has 2 aromatic rings. The summed E-state index contributed by atoms with van der Waals surface area (Å²) in [6.45, 7) is 1.79. The molecule has 3 N–H and O–H groups in total. The van der Waals surface area contributed by atoms with E-state index in [1.165, 1.54) is 0 Å². The quantitative estimate of drug-likeness (QED) is 0.849. The Morgan fingerprint density at radius 3 is 2.76 bits per heavy atom. The normalized spacial score (nSPS) is 14.7. The van der Waals surface area contributed by atoms with Crippen LogP contribution in [-0.2, 0) is 4.79 Å². The van der Waals surface area contributed by atoms with Crippen LogP contribution in [0.25, 0.3) is 11.0 Å². The Morgan fingerprint density at radius 1 is 1.47 bits per heavy atom. The van der Waals surface area contributed by atoms with Crippen LogP contribution in [0.2, 0.25) is 0 Å². The first-order chi connectivity index (χ1) is 8.08. The van der Waals surface area contributed by atoms with E-state index in [9.17, 15) is 4.79 Å². The minimum Gasteiger partial charge on any atom is -0.481 e. The van der Waals surface area contributed by atoms with E-state index in [1.807, 2.05) is 30.3 Å². The molecule has 17 heavy (non-hydrogen) atoms. The number of aliphatic carboxylic acids is 1. The van der Waals surface area contributed by atoms with Crippen LogP contribution in [0.15, 0.2) is 34.7 Å². The summed E-state index contributed by atoms with van der Waals surface area (Å²) in [4.78, 5) is 10.8. The number of furan rings is 1. The second-order valence-corrected chi connectivity index (χ2v) is 4.25. The van der Waals surface area contributed by atoms with Gasteiger partial charge in [-0.1, -0.05) is 18.2 Å². The fraction of sp³-hybridized carbons (Fsp3) is 0.308. The summed E-state index contributed by atoms with van der Waals surface area (Å²) < 4.78 is 5.65. The maximum absolute atomic E-state index is 10.8. The molecule has 0 spiro atoms. The van der Waals surface area contributed by atoms with Gasteiger partial charge in [0.15, 0.2) is 0 Å². The number of carboxylic acids is 1. The molecule has 4 heteroatoms. The lowest BCUT2D eigenvalue weighted by Crippen LogP contribution is -2.26. The number of fused-ring (bicyclic) bond motifs is 1. The fourth-order valence-electron chi connectivity index (χ4n) is 1.92. The summed E-state index contributed by atoms with van der Waals surface area (Å²) in [5.41, 5.74) is 6.58. The number of benzene rings is 1. The van der Waals surface area contributed by atoms with Crippen LogP contribution in [0.5, 0.6) is 0 Å². The minimum absolute atomic E-state index is 0.0164. The number of carboxylic acid groups (broad SMARTS) is 1. The Bertz CT molecular complexity index is 497. The second kappa shape index (κ2) is 4.59. The molecular weight excluding hydrogens is 218 g/mol. The van der Waals surface area contributed by atoms with Crippen LogP contribution in [-0.4, -0.2) is 17.1 Å². The zero-order valence-corrected chi connectivity index (χ0v) is 9.59. The Morgan fingerprint density at radius 2 is 2.18 bits per heavy atom. The molecule has 0 fully saturated rings. The summed E-state index contributed by atoms with van der Waals surface area (Å²) >= 11 is 0. The van der Waals surface area contributed by atoms with Gasteiger partial charge in [-0.2, -0.15) is 0 Å². The lowest BCUT2D eigenvalue weighted by atomic mass is 9.95. The van der Waals surface area contributed by atoms with Crippen molar-refractivity contribution in [2.24, 2.45) is 5.73 Å². The van der Waals surface area contributed by atoms with Crippen LogP contribution in [0.4, 0.5) is 0 Å². The topological polar surface area (TPSA) is 76.5 Å². The van der Waals surface area contributed by atoms with Gasteiger partial charge in [0.1, 0.15) is 11.3 Å². The molecule has 0 bridgehead atoms. The highest BCUT2D eigenvalue weighted by Crippen LogP contribution is 2.28. The van der Waals surface area contributed by atoms with Gasteiger partial charge >= 0.3 is 5.97 Å². The highest BCUT2D eigenvalue weighted by atomic mass is 16.4. The fourth-order valence-corrected chi connectivity index (χ4v) is 1.92. The van der Waals surface area contributed by atoms with Crippen LogP contribution >= 0.6 is 0 Å². The monoisotopic (exact) mass is 233 g/mol. The molecule has 0 saturated carbocycles. The van der Waals surface area contributed by atoms with E-state index in [0.29, 0.717) is 5.76 Å². The molecule has 2 atom stereocenters. The second-order valence-electron chi connectivity index (χ2n) is 4.25. The van der Waals surface area contributed by atoms with Gasteiger partial charge in [-0.15, -0.1) is 0 Å². The molecule has 0 amide bonds. The third-order valence-corrected chi connectivity index (χ3v) is 2.84. The van der Waals surface area contributed by atoms with Gasteiger partial charge in [-0.25, -0.2) is 0 Å². The molecular formula is C13H15NO3. The molecule has 0 aliphatic carbocycles. The number of carbonyl (C=O) groups is 1. The van der Waals surface area contributed by atoms with E-state index in [0.717, 1.165) is 11.0 Å². The maximum atomic E-state index is 10.8. The first-order valence-electron chi connectivity index (χ1n) is 5.54. The number of nitrogens with two attached hydrogens (primary N) is 1. The van der Waals surface area contributed by atoms with E-state index < -0.39 is 5.97 Å². The Balaban J connectivity index is 2.38.